The van der Waals surface area contributed by atoms with Crippen molar-refractivity contribution in [1.82, 2.24) is 0 Å². The molecule has 0 saturated heterocycles. The van der Waals surface area contributed by atoms with E-state index in [1.807, 2.05) is 12.1 Å². The summed E-state index contributed by atoms with van der Waals surface area (Å²) < 4.78 is 36.6. The van der Waals surface area contributed by atoms with E-state index in [1.165, 1.54) is 6.07 Å². The van der Waals surface area contributed by atoms with Crippen LogP contribution in [0.3, 0.4) is 0 Å². The Bertz CT molecular complexity index is 967. The van der Waals surface area contributed by atoms with Crippen LogP contribution in [0.15, 0.2) is 70.0 Å². The molecule has 0 aliphatic rings. The number of fused-ring (bicyclic) bond motifs is 1. The smallest absolute Gasteiger partial charge is 0.339 e. The molecule has 0 bridgehead atoms. The van der Waals surface area contributed by atoms with Crippen LogP contribution in [0.1, 0.15) is 0 Å². The fourth-order valence-electron chi connectivity index (χ4n) is 2.33. The topological polar surface area (TPSA) is 52.6 Å². The van der Waals surface area contributed by atoms with Crippen LogP contribution in [-0.4, -0.2) is 15.5 Å². The molecule has 0 amide bonds. The van der Waals surface area contributed by atoms with Gasteiger partial charge < -0.3 is 8.92 Å². The fourth-order valence-corrected chi connectivity index (χ4v) is 3.84. The molecule has 0 spiro atoms. The average molecular weight is 393 g/mol. The van der Waals surface area contributed by atoms with Gasteiger partial charge in [0.05, 0.1) is 7.11 Å². The van der Waals surface area contributed by atoms with Gasteiger partial charge in [0, 0.05) is 15.2 Å². The summed E-state index contributed by atoms with van der Waals surface area (Å²) in [6, 6.07) is 17.0. The van der Waals surface area contributed by atoms with Crippen molar-refractivity contribution in [3.05, 3.63) is 65.1 Å². The molecule has 0 atom stereocenters. The van der Waals surface area contributed by atoms with Crippen LogP contribution in [0.4, 0.5) is 0 Å². The largest absolute Gasteiger partial charge is 0.496 e. The summed E-state index contributed by atoms with van der Waals surface area (Å²) in [5, 5.41) is 1.27. The number of halogens is 1. The summed E-state index contributed by atoms with van der Waals surface area (Å²) in [4.78, 5) is 0.105. The lowest BCUT2D eigenvalue weighted by Gasteiger charge is -2.12. The average Bonchev–Trinajstić information content (AvgIpc) is 2.53. The van der Waals surface area contributed by atoms with Crippen molar-refractivity contribution in [3.63, 3.8) is 0 Å². The van der Waals surface area contributed by atoms with Crippen molar-refractivity contribution in [2.24, 2.45) is 0 Å². The quantitative estimate of drug-likeness (QED) is 0.618. The highest BCUT2D eigenvalue weighted by Gasteiger charge is 2.21. The predicted molar refractivity (Wildman–Crippen MR) is 92.5 cm³/mol. The zero-order valence-corrected chi connectivity index (χ0v) is 14.6. The first-order valence-electron chi connectivity index (χ1n) is 6.77. The van der Waals surface area contributed by atoms with Gasteiger partial charge in [-0.25, -0.2) is 0 Å². The minimum absolute atomic E-state index is 0.105. The van der Waals surface area contributed by atoms with Gasteiger partial charge in [-0.15, -0.1) is 0 Å². The van der Waals surface area contributed by atoms with Gasteiger partial charge in [0.2, 0.25) is 0 Å². The standard InChI is InChI=1S/C17H13BrO4S/c1-21-16-9-10-17(15-8-3-2-7-14(15)16)23(19,20)22-13-6-4-5-12(18)11-13/h2-11H,1H3. The second-order valence-electron chi connectivity index (χ2n) is 4.81. The first-order chi connectivity index (χ1) is 11.0. The van der Waals surface area contributed by atoms with E-state index < -0.39 is 10.1 Å². The minimum Gasteiger partial charge on any atom is -0.496 e. The molecule has 0 fully saturated rings. The highest BCUT2D eigenvalue weighted by atomic mass is 79.9. The number of benzene rings is 3. The molecular weight excluding hydrogens is 380 g/mol. The normalized spacial score (nSPS) is 11.4. The van der Waals surface area contributed by atoms with Gasteiger partial charge in [0.1, 0.15) is 16.4 Å². The van der Waals surface area contributed by atoms with Gasteiger partial charge in [-0.1, -0.05) is 46.3 Å². The molecule has 0 unspecified atom stereocenters. The fraction of sp³-hybridized carbons (Fsp3) is 0.0588. The monoisotopic (exact) mass is 392 g/mol. The van der Waals surface area contributed by atoms with Crippen molar-refractivity contribution < 1.29 is 17.3 Å². The van der Waals surface area contributed by atoms with Crippen LogP contribution in [0.5, 0.6) is 11.5 Å². The number of hydrogen-bond acceptors (Lipinski definition) is 4. The molecule has 4 nitrogen and oxygen atoms in total. The summed E-state index contributed by atoms with van der Waals surface area (Å²) in [5.41, 5.74) is 0. The van der Waals surface area contributed by atoms with E-state index in [4.69, 9.17) is 8.92 Å². The third-order valence-electron chi connectivity index (χ3n) is 3.34. The molecule has 0 aliphatic carbocycles. The Balaban J connectivity index is 2.12. The minimum atomic E-state index is -3.96. The maximum atomic E-state index is 12.6. The lowest BCUT2D eigenvalue weighted by Crippen LogP contribution is -2.10. The highest BCUT2D eigenvalue weighted by Crippen LogP contribution is 2.32. The van der Waals surface area contributed by atoms with Crippen LogP contribution < -0.4 is 8.92 Å². The van der Waals surface area contributed by atoms with E-state index in [2.05, 4.69) is 15.9 Å². The predicted octanol–water partition coefficient (Wildman–Crippen LogP) is 4.38. The van der Waals surface area contributed by atoms with Crippen LogP contribution in [0, 0.1) is 0 Å². The van der Waals surface area contributed by atoms with E-state index in [-0.39, 0.29) is 10.6 Å². The Labute approximate surface area is 142 Å². The molecule has 3 rings (SSSR count). The summed E-state index contributed by atoms with van der Waals surface area (Å²) in [6.45, 7) is 0. The Morgan fingerprint density at radius 3 is 2.35 bits per heavy atom. The van der Waals surface area contributed by atoms with E-state index in [1.54, 1.807) is 49.6 Å². The molecule has 0 saturated carbocycles. The Kier molecular flexibility index (Phi) is 4.28. The van der Waals surface area contributed by atoms with Crippen molar-refractivity contribution in [2.75, 3.05) is 7.11 Å². The lowest BCUT2D eigenvalue weighted by atomic mass is 10.1. The number of rotatable bonds is 4. The van der Waals surface area contributed by atoms with Gasteiger partial charge in [0.15, 0.2) is 0 Å². The van der Waals surface area contributed by atoms with E-state index in [0.29, 0.717) is 16.5 Å². The highest BCUT2D eigenvalue weighted by molar-refractivity contribution is 9.10. The second-order valence-corrected chi connectivity index (χ2v) is 7.24. The molecular formula is C17H13BrO4S. The third-order valence-corrected chi connectivity index (χ3v) is 5.14. The van der Waals surface area contributed by atoms with Crippen molar-refractivity contribution in [3.8, 4) is 11.5 Å². The molecule has 6 heteroatoms. The maximum absolute atomic E-state index is 12.6. The van der Waals surface area contributed by atoms with Crippen LogP contribution in [0.2, 0.25) is 0 Å². The Morgan fingerprint density at radius 2 is 1.65 bits per heavy atom. The first kappa shape index (κ1) is 15.8. The number of ether oxygens (including phenoxy) is 1. The van der Waals surface area contributed by atoms with Gasteiger partial charge in [0.25, 0.3) is 0 Å². The third kappa shape index (κ3) is 3.18. The molecule has 3 aromatic carbocycles. The summed E-state index contributed by atoms with van der Waals surface area (Å²) >= 11 is 3.29. The van der Waals surface area contributed by atoms with Gasteiger partial charge in [-0.05, 0) is 30.3 Å². The zero-order chi connectivity index (χ0) is 16.4. The molecule has 0 N–H and O–H groups in total. The zero-order valence-electron chi connectivity index (χ0n) is 12.2. The molecule has 0 aliphatic heterocycles. The Morgan fingerprint density at radius 1 is 0.913 bits per heavy atom. The first-order valence-corrected chi connectivity index (χ1v) is 8.97. The lowest BCUT2D eigenvalue weighted by molar-refractivity contribution is 0.419. The molecule has 0 radical (unpaired) electrons. The molecule has 3 aromatic rings. The van der Waals surface area contributed by atoms with Crippen molar-refractivity contribution in [1.29, 1.82) is 0 Å². The number of hydrogen-bond donors (Lipinski definition) is 0. The van der Waals surface area contributed by atoms with E-state index in [9.17, 15) is 8.42 Å². The molecule has 118 valence electrons. The van der Waals surface area contributed by atoms with Crippen LogP contribution in [0.25, 0.3) is 10.8 Å². The van der Waals surface area contributed by atoms with Crippen LogP contribution in [-0.2, 0) is 10.1 Å². The summed E-state index contributed by atoms with van der Waals surface area (Å²) in [6.07, 6.45) is 0. The Hall–Kier alpha value is -2.05. The van der Waals surface area contributed by atoms with E-state index in [0.717, 1.165) is 4.47 Å². The van der Waals surface area contributed by atoms with E-state index >= 15 is 0 Å². The maximum Gasteiger partial charge on any atom is 0.339 e. The van der Waals surface area contributed by atoms with Gasteiger partial charge in [-0.3, -0.25) is 0 Å². The van der Waals surface area contributed by atoms with Gasteiger partial charge in [-0.2, -0.15) is 8.42 Å². The molecule has 0 heterocycles. The SMILES string of the molecule is COc1ccc(S(=O)(=O)Oc2cccc(Br)c2)c2ccccc12. The summed E-state index contributed by atoms with van der Waals surface area (Å²) in [5.74, 6) is 0.862. The van der Waals surface area contributed by atoms with Gasteiger partial charge >= 0.3 is 10.1 Å². The second kappa shape index (κ2) is 6.22. The van der Waals surface area contributed by atoms with Crippen LogP contribution >= 0.6 is 15.9 Å². The van der Waals surface area contributed by atoms with Crippen molar-refractivity contribution >= 4 is 36.8 Å². The summed E-state index contributed by atoms with van der Waals surface area (Å²) in [7, 11) is -2.41. The van der Waals surface area contributed by atoms with Crippen molar-refractivity contribution in [2.45, 2.75) is 4.90 Å². The molecule has 23 heavy (non-hydrogen) atoms. The number of methoxy groups -OCH3 is 1. The molecule has 0 aromatic heterocycles.